The minimum Gasteiger partial charge on any atom is -0.494 e. The largest absolute Gasteiger partial charge is 0.494 e. The van der Waals surface area contributed by atoms with E-state index in [1.165, 1.54) is 0 Å². The van der Waals surface area contributed by atoms with Gasteiger partial charge in [-0.2, -0.15) is 0 Å². The second-order valence-corrected chi connectivity index (χ2v) is 6.14. The summed E-state index contributed by atoms with van der Waals surface area (Å²) in [6.07, 6.45) is 3.26. The predicted octanol–water partition coefficient (Wildman–Crippen LogP) is 3.32. The van der Waals surface area contributed by atoms with Gasteiger partial charge in [0.15, 0.2) is 0 Å². The van der Waals surface area contributed by atoms with Crippen molar-refractivity contribution in [2.75, 3.05) is 18.9 Å². The van der Waals surface area contributed by atoms with Crippen LogP contribution in [0.3, 0.4) is 0 Å². The number of nitrogen functional groups attached to an aromatic ring is 1. The number of hydrogen-bond donors (Lipinski definition) is 1. The first kappa shape index (κ1) is 15.7. The molecule has 1 aliphatic rings. The molecule has 0 aromatic heterocycles. The number of nitrogens with zero attached hydrogens (tertiary/aromatic N) is 1. The van der Waals surface area contributed by atoms with Crippen molar-refractivity contribution in [3.05, 3.63) is 23.8 Å². The number of rotatable bonds is 7. The van der Waals surface area contributed by atoms with E-state index in [-0.39, 0.29) is 5.91 Å². The Morgan fingerprint density at radius 1 is 1.38 bits per heavy atom. The Bertz CT molecular complexity index is 496. The highest BCUT2D eigenvalue weighted by atomic mass is 16.5. The van der Waals surface area contributed by atoms with Crippen LogP contribution in [0, 0.1) is 5.92 Å². The van der Waals surface area contributed by atoms with Gasteiger partial charge in [0.25, 0.3) is 5.91 Å². The Balaban J connectivity index is 2.15. The highest BCUT2D eigenvalue weighted by Crippen LogP contribution is 2.30. The lowest BCUT2D eigenvalue weighted by atomic mass is 10.1. The van der Waals surface area contributed by atoms with Crippen LogP contribution in [0.1, 0.15) is 50.4 Å². The van der Waals surface area contributed by atoms with Crippen LogP contribution in [0.5, 0.6) is 5.75 Å². The van der Waals surface area contributed by atoms with E-state index in [0.29, 0.717) is 35.6 Å². The summed E-state index contributed by atoms with van der Waals surface area (Å²) in [6, 6.07) is 5.71. The van der Waals surface area contributed by atoms with Crippen molar-refractivity contribution in [2.24, 2.45) is 5.92 Å². The summed E-state index contributed by atoms with van der Waals surface area (Å²) in [5, 5.41) is 0. The average molecular weight is 290 g/mol. The van der Waals surface area contributed by atoms with E-state index in [2.05, 4.69) is 13.8 Å². The predicted molar refractivity (Wildman–Crippen MR) is 85.5 cm³/mol. The Labute approximate surface area is 127 Å². The number of benzene rings is 1. The van der Waals surface area contributed by atoms with Gasteiger partial charge < -0.3 is 15.4 Å². The van der Waals surface area contributed by atoms with Gasteiger partial charge in [0.2, 0.25) is 0 Å². The highest BCUT2D eigenvalue weighted by Gasteiger charge is 2.33. The molecule has 116 valence electrons. The van der Waals surface area contributed by atoms with Crippen LogP contribution >= 0.6 is 0 Å². The molecule has 2 rings (SSSR count). The molecule has 0 bridgehead atoms. The Morgan fingerprint density at radius 2 is 2.10 bits per heavy atom. The van der Waals surface area contributed by atoms with Crippen LogP contribution in [0.4, 0.5) is 5.69 Å². The molecule has 1 saturated carbocycles. The quantitative estimate of drug-likeness (QED) is 0.784. The van der Waals surface area contributed by atoms with Crippen molar-refractivity contribution in [2.45, 2.75) is 46.1 Å². The minimum absolute atomic E-state index is 0.0754. The van der Waals surface area contributed by atoms with Crippen LogP contribution < -0.4 is 10.5 Å². The molecule has 2 N–H and O–H groups in total. The Kier molecular flexibility index (Phi) is 5.10. The lowest BCUT2D eigenvalue weighted by molar-refractivity contribution is 0.0735. The van der Waals surface area contributed by atoms with Gasteiger partial charge in [-0.3, -0.25) is 4.79 Å². The Hall–Kier alpha value is -1.71. The van der Waals surface area contributed by atoms with E-state index >= 15 is 0 Å². The summed E-state index contributed by atoms with van der Waals surface area (Å²) in [7, 11) is 0. The molecule has 1 fully saturated rings. The van der Waals surface area contributed by atoms with E-state index in [4.69, 9.17) is 10.5 Å². The first-order valence-corrected chi connectivity index (χ1v) is 7.85. The Morgan fingerprint density at radius 3 is 2.67 bits per heavy atom. The molecular formula is C17H26N2O2. The number of carbonyl (C=O) groups is 1. The van der Waals surface area contributed by atoms with Crippen LogP contribution in [-0.2, 0) is 0 Å². The van der Waals surface area contributed by atoms with E-state index < -0.39 is 0 Å². The maximum absolute atomic E-state index is 12.8. The number of amides is 1. The molecule has 0 heterocycles. The van der Waals surface area contributed by atoms with Crippen molar-refractivity contribution in [1.82, 2.24) is 4.90 Å². The summed E-state index contributed by atoms with van der Waals surface area (Å²) < 4.78 is 5.48. The molecule has 0 unspecified atom stereocenters. The van der Waals surface area contributed by atoms with Crippen molar-refractivity contribution in [3.8, 4) is 5.75 Å². The van der Waals surface area contributed by atoms with E-state index in [1.54, 1.807) is 18.2 Å². The van der Waals surface area contributed by atoms with E-state index in [1.807, 2.05) is 11.8 Å². The summed E-state index contributed by atoms with van der Waals surface area (Å²) in [5.41, 5.74) is 7.10. The van der Waals surface area contributed by atoms with Crippen molar-refractivity contribution in [1.29, 1.82) is 0 Å². The fraction of sp³-hybridized carbons (Fsp3) is 0.588. The molecule has 0 radical (unpaired) electrons. The third-order valence-corrected chi connectivity index (χ3v) is 3.68. The molecule has 21 heavy (non-hydrogen) atoms. The van der Waals surface area contributed by atoms with Gasteiger partial charge in [0.1, 0.15) is 5.75 Å². The van der Waals surface area contributed by atoms with Gasteiger partial charge in [-0.25, -0.2) is 0 Å². The maximum Gasteiger partial charge on any atom is 0.254 e. The molecular weight excluding hydrogens is 264 g/mol. The molecule has 0 atom stereocenters. The number of hydrogen-bond acceptors (Lipinski definition) is 3. The van der Waals surface area contributed by atoms with Gasteiger partial charge >= 0.3 is 0 Å². The average Bonchev–Trinajstić information content (AvgIpc) is 3.22. The zero-order valence-electron chi connectivity index (χ0n) is 13.3. The number of carbonyl (C=O) groups excluding carboxylic acids is 1. The summed E-state index contributed by atoms with van der Waals surface area (Å²) >= 11 is 0. The monoisotopic (exact) mass is 290 g/mol. The molecule has 0 aliphatic heterocycles. The summed E-state index contributed by atoms with van der Waals surface area (Å²) in [4.78, 5) is 14.8. The molecule has 1 amide bonds. The number of nitrogens with two attached hydrogens (primary N) is 1. The fourth-order valence-corrected chi connectivity index (χ4v) is 2.39. The smallest absolute Gasteiger partial charge is 0.254 e. The highest BCUT2D eigenvalue weighted by molar-refractivity contribution is 5.96. The standard InChI is InChI=1S/C17H26N2O2/c1-4-21-16-10-13(9-14(18)11-16)17(20)19(15-5-6-15)8-7-12(2)3/h9-12,15H,4-8,18H2,1-3H3. The normalized spacial score (nSPS) is 14.3. The van der Waals surface area contributed by atoms with Crippen LogP contribution in [0.15, 0.2) is 18.2 Å². The molecule has 0 spiro atoms. The van der Waals surface area contributed by atoms with Gasteiger partial charge in [-0.15, -0.1) is 0 Å². The van der Waals surface area contributed by atoms with Crippen LogP contribution in [0.2, 0.25) is 0 Å². The molecule has 4 heteroatoms. The lowest BCUT2D eigenvalue weighted by Crippen LogP contribution is -2.34. The lowest BCUT2D eigenvalue weighted by Gasteiger charge is -2.24. The first-order valence-electron chi connectivity index (χ1n) is 7.85. The summed E-state index contributed by atoms with van der Waals surface area (Å²) in [6.45, 7) is 7.67. The zero-order chi connectivity index (χ0) is 15.4. The van der Waals surface area contributed by atoms with Gasteiger partial charge in [0.05, 0.1) is 6.61 Å². The van der Waals surface area contributed by atoms with Crippen molar-refractivity contribution in [3.63, 3.8) is 0 Å². The molecule has 0 saturated heterocycles. The zero-order valence-corrected chi connectivity index (χ0v) is 13.3. The summed E-state index contributed by atoms with van der Waals surface area (Å²) in [5.74, 6) is 1.34. The number of ether oxygens (including phenoxy) is 1. The second-order valence-electron chi connectivity index (χ2n) is 6.14. The SMILES string of the molecule is CCOc1cc(N)cc(C(=O)N(CCC(C)C)C2CC2)c1. The van der Waals surface area contributed by atoms with Gasteiger partial charge in [0, 0.05) is 29.9 Å². The molecule has 1 aliphatic carbocycles. The minimum atomic E-state index is 0.0754. The second kappa shape index (κ2) is 6.83. The fourth-order valence-electron chi connectivity index (χ4n) is 2.39. The van der Waals surface area contributed by atoms with Crippen LogP contribution in [0.25, 0.3) is 0 Å². The van der Waals surface area contributed by atoms with E-state index in [0.717, 1.165) is 25.8 Å². The molecule has 1 aromatic rings. The first-order chi connectivity index (χ1) is 10.0. The van der Waals surface area contributed by atoms with Gasteiger partial charge in [-0.1, -0.05) is 13.8 Å². The van der Waals surface area contributed by atoms with Crippen LogP contribution in [-0.4, -0.2) is 30.0 Å². The van der Waals surface area contributed by atoms with Crippen molar-refractivity contribution < 1.29 is 9.53 Å². The van der Waals surface area contributed by atoms with Gasteiger partial charge in [-0.05, 0) is 44.2 Å². The third kappa shape index (κ3) is 4.38. The maximum atomic E-state index is 12.8. The molecule has 1 aromatic carbocycles. The topological polar surface area (TPSA) is 55.6 Å². The molecule has 4 nitrogen and oxygen atoms in total. The van der Waals surface area contributed by atoms with E-state index in [9.17, 15) is 4.79 Å². The number of anilines is 1. The third-order valence-electron chi connectivity index (χ3n) is 3.68. The van der Waals surface area contributed by atoms with Crippen molar-refractivity contribution >= 4 is 11.6 Å².